The van der Waals surface area contributed by atoms with E-state index in [1.165, 1.54) is 0 Å². The molecule has 0 saturated carbocycles. The molecule has 62 valence electrons. The Morgan fingerprint density at radius 3 is 2.73 bits per heavy atom. The number of cyclic esters (lactones) is 1. The molecule has 3 N–H and O–H groups in total. The minimum atomic E-state index is -1.30. The van der Waals surface area contributed by atoms with Crippen molar-refractivity contribution < 1.29 is 24.5 Å². The van der Waals surface area contributed by atoms with Crippen molar-refractivity contribution in [2.45, 2.75) is 18.8 Å². The Balaban J connectivity index is 2.47. The maximum absolute atomic E-state index is 10.6. The van der Waals surface area contributed by atoms with Crippen molar-refractivity contribution in [2.24, 2.45) is 0 Å². The fourth-order valence-electron chi connectivity index (χ4n) is 0.829. The van der Waals surface area contributed by atoms with Crippen LogP contribution in [0.3, 0.4) is 0 Å². The van der Waals surface area contributed by atoms with Gasteiger partial charge in [0, 0.05) is 6.42 Å². The van der Waals surface area contributed by atoms with Crippen LogP contribution < -0.4 is 5.32 Å². The van der Waals surface area contributed by atoms with Crippen molar-refractivity contribution in [3.63, 3.8) is 0 Å². The van der Waals surface area contributed by atoms with E-state index in [1.54, 1.807) is 0 Å². The van der Waals surface area contributed by atoms with Crippen LogP contribution in [-0.2, 0) is 9.53 Å². The number of rotatable bonds is 1. The molecule has 0 aromatic heterocycles. The number of aliphatic hydroxyl groups excluding tert-OH is 1. The summed E-state index contributed by atoms with van der Waals surface area (Å²) in [4.78, 5) is 20.6. The number of esters is 1. The maximum atomic E-state index is 10.6. The van der Waals surface area contributed by atoms with Crippen molar-refractivity contribution in [1.82, 2.24) is 5.32 Å². The van der Waals surface area contributed by atoms with Gasteiger partial charge in [0.1, 0.15) is 6.04 Å². The highest BCUT2D eigenvalue weighted by Crippen LogP contribution is 2.11. The third kappa shape index (κ3) is 1.81. The first-order valence-corrected chi connectivity index (χ1v) is 2.97. The molecule has 2 unspecified atom stereocenters. The number of hydrogen-bond donors (Lipinski definition) is 3. The largest absolute Gasteiger partial charge is 0.465 e. The second-order valence-electron chi connectivity index (χ2n) is 2.13. The van der Waals surface area contributed by atoms with E-state index in [2.05, 4.69) is 4.74 Å². The summed E-state index contributed by atoms with van der Waals surface area (Å²) in [5.74, 6) is -0.736. The van der Waals surface area contributed by atoms with Crippen LogP contribution in [0.2, 0.25) is 0 Å². The van der Waals surface area contributed by atoms with Gasteiger partial charge in [-0.1, -0.05) is 0 Å². The normalized spacial score (nSPS) is 29.7. The van der Waals surface area contributed by atoms with Gasteiger partial charge in [-0.2, -0.15) is 0 Å². The standard InChI is InChI=1S/C5H7NO5/c7-3-1-2(4(8)11-3)6-5(9)10/h2-3,6-7H,1H2,(H,9,10). The zero-order chi connectivity index (χ0) is 8.43. The zero-order valence-electron chi connectivity index (χ0n) is 5.48. The molecular weight excluding hydrogens is 154 g/mol. The molecular formula is C5H7NO5. The van der Waals surface area contributed by atoms with Crippen molar-refractivity contribution in [1.29, 1.82) is 0 Å². The molecule has 0 aromatic carbocycles. The molecule has 0 aromatic rings. The number of amides is 1. The molecule has 1 saturated heterocycles. The van der Waals surface area contributed by atoms with Crippen LogP contribution in [0, 0.1) is 0 Å². The molecule has 1 aliphatic heterocycles. The van der Waals surface area contributed by atoms with Gasteiger partial charge in [0.25, 0.3) is 0 Å². The molecule has 6 nitrogen and oxygen atoms in total. The van der Waals surface area contributed by atoms with Gasteiger partial charge in [-0.05, 0) is 0 Å². The van der Waals surface area contributed by atoms with E-state index < -0.39 is 24.4 Å². The number of carbonyl (C=O) groups excluding carboxylic acids is 1. The van der Waals surface area contributed by atoms with Gasteiger partial charge in [0.05, 0.1) is 0 Å². The van der Waals surface area contributed by atoms with Gasteiger partial charge >= 0.3 is 12.1 Å². The van der Waals surface area contributed by atoms with Gasteiger partial charge in [-0.15, -0.1) is 0 Å². The van der Waals surface area contributed by atoms with E-state index in [1.807, 2.05) is 5.32 Å². The Bertz CT molecular complexity index is 191. The molecule has 1 aliphatic rings. The smallest absolute Gasteiger partial charge is 0.405 e. The van der Waals surface area contributed by atoms with Crippen molar-refractivity contribution >= 4 is 12.1 Å². The first-order valence-electron chi connectivity index (χ1n) is 2.97. The molecule has 0 bridgehead atoms. The van der Waals surface area contributed by atoms with Crippen LogP contribution in [0.1, 0.15) is 6.42 Å². The van der Waals surface area contributed by atoms with Crippen molar-refractivity contribution in [3.05, 3.63) is 0 Å². The first kappa shape index (κ1) is 7.80. The molecule has 11 heavy (non-hydrogen) atoms. The van der Waals surface area contributed by atoms with E-state index in [0.717, 1.165) is 0 Å². The number of aliphatic hydroxyl groups is 1. The van der Waals surface area contributed by atoms with Crippen LogP contribution >= 0.6 is 0 Å². The molecule has 1 rings (SSSR count). The Kier molecular flexibility index (Phi) is 1.95. The summed E-state index contributed by atoms with van der Waals surface area (Å²) < 4.78 is 4.27. The SMILES string of the molecule is O=C(O)NC1CC(O)OC1=O. The van der Waals surface area contributed by atoms with E-state index in [-0.39, 0.29) is 6.42 Å². The van der Waals surface area contributed by atoms with Crippen LogP contribution in [-0.4, -0.2) is 34.6 Å². The first-order chi connectivity index (χ1) is 5.09. The molecule has 1 heterocycles. The molecule has 6 heteroatoms. The summed E-state index contributed by atoms with van der Waals surface area (Å²) in [5.41, 5.74) is 0. The van der Waals surface area contributed by atoms with Crippen LogP contribution in [0.25, 0.3) is 0 Å². The Hall–Kier alpha value is -1.30. The zero-order valence-corrected chi connectivity index (χ0v) is 5.48. The Morgan fingerprint density at radius 1 is 1.73 bits per heavy atom. The molecule has 0 radical (unpaired) electrons. The summed E-state index contributed by atoms with van der Waals surface area (Å²) in [7, 11) is 0. The lowest BCUT2D eigenvalue weighted by Crippen LogP contribution is -2.36. The monoisotopic (exact) mass is 161 g/mol. The molecule has 1 fully saturated rings. The highest BCUT2D eigenvalue weighted by molar-refractivity contribution is 5.82. The van der Waals surface area contributed by atoms with Crippen LogP contribution in [0.4, 0.5) is 4.79 Å². The lowest BCUT2D eigenvalue weighted by atomic mass is 10.2. The quantitative estimate of drug-likeness (QED) is 0.424. The van der Waals surface area contributed by atoms with E-state index in [9.17, 15) is 9.59 Å². The van der Waals surface area contributed by atoms with E-state index in [4.69, 9.17) is 10.2 Å². The third-order valence-corrected chi connectivity index (χ3v) is 1.27. The summed E-state index contributed by atoms with van der Waals surface area (Å²) in [5, 5.41) is 18.8. The van der Waals surface area contributed by atoms with E-state index in [0.29, 0.717) is 0 Å². The number of hydrogen-bond acceptors (Lipinski definition) is 4. The minimum absolute atomic E-state index is 0.0227. The van der Waals surface area contributed by atoms with E-state index >= 15 is 0 Å². The lowest BCUT2D eigenvalue weighted by Gasteiger charge is -2.02. The Labute approximate surface area is 61.8 Å². The summed E-state index contributed by atoms with van der Waals surface area (Å²) in [6.07, 6.45) is -2.51. The van der Waals surface area contributed by atoms with Gasteiger partial charge in [-0.25, -0.2) is 9.59 Å². The lowest BCUT2D eigenvalue weighted by molar-refractivity contribution is -0.154. The minimum Gasteiger partial charge on any atom is -0.465 e. The second kappa shape index (κ2) is 2.75. The average molecular weight is 161 g/mol. The van der Waals surface area contributed by atoms with Gasteiger partial charge in [0.15, 0.2) is 0 Å². The fourth-order valence-corrected chi connectivity index (χ4v) is 0.829. The average Bonchev–Trinajstić information content (AvgIpc) is 2.09. The van der Waals surface area contributed by atoms with Crippen LogP contribution in [0.5, 0.6) is 0 Å². The molecule has 0 aliphatic carbocycles. The highest BCUT2D eigenvalue weighted by atomic mass is 16.6. The van der Waals surface area contributed by atoms with Gasteiger partial charge < -0.3 is 20.3 Å². The summed E-state index contributed by atoms with van der Waals surface area (Å²) >= 11 is 0. The number of carbonyl (C=O) groups is 2. The number of carboxylic acid groups (broad SMARTS) is 1. The predicted octanol–water partition coefficient (Wildman–Crippen LogP) is -1.11. The second-order valence-corrected chi connectivity index (χ2v) is 2.13. The summed E-state index contributed by atoms with van der Waals surface area (Å²) in [6, 6.07) is -0.928. The number of ether oxygens (including phenoxy) is 1. The fraction of sp³-hybridized carbons (Fsp3) is 0.600. The predicted molar refractivity (Wildman–Crippen MR) is 31.7 cm³/mol. The van der Waals surface area contributed by atoms with Gasteiger partial charge in [0.2, 0.25) is 6.29 Å². The van der Waals surface area contributed by atoms with Crippen molar-refractivity contribution in [3.8, 4) is 0 Å². The van der Waals surface area contributed by atoms with Crippen LogP contribution in [0.15, 0.2) is 0 Å². The Morgan fingerprint density at radius 2 is 2.36 bits per heavy atom. The summed E-state index contributed by atoms with van der Waals surface area (Å²) in [6.45, 7) is 0. The molecule has 1 amide bonds. The third-order valence-electron chi connectivity index (χ3n) is 1.27. The molecule has 0 spiro atoms. The van der Waals surface area contributed by atoms with Gasteiger partial charge in [-0.3, -0.25) is 0 Å². The highest BCUT2D eigenvalue weighted by Gasteiger charge is 2.34. The van der Waals surface area contributed by atoms with Crippen molar-refractivity contribution in [2.75, 3.05) is 0 Å². The topological polar surface area (TPSA) is 95.9 Å². The molecule has 2 atom stereocenters. The number of nitrogens with one attached hydrogen (secondary N) is 1. The maximum Gasteiger partial charge on any atom is 0.405 e.